The van der Waals surface area contributed by atoms with E-state index in [0.29, 0.717) is 11.3 Å². The molecule has 36 heavy (non-hydrogen) atoms. The number of alkyl halides is 3. The Morgan fingerprint density at radius 3 is 2.56 bits per heavy atom. The van der Waals surface area contributed by atoms with Crippen molar-refractivity contribution < 1.29 is 32.1 Å². The van der Waals surface area contributed by atoms with Crippen molar-refractivity contribution in [3.63, 3.8) is 0 Å². The van der Waals surface area contributed by atoms with E-state index in [4.69, 9.17) is 10.2 Å². The van der Waals surface area contributed by atoms with Gasteiger partial charge < -0.3 is 15.5 Å². The second-order valence-corrected chi connectivity index (χ2v) is 8.77. The molecule has 4 aromatic heterocycles. The van der Waals surface area contributed by atoms with Crippen molar-refractivity contribution in [1.82, 2.24) is 14.8 Å². The van der Waals surface area contributed by atoms with Crippen LogP contribution in [0.4, 0.5) is 24.5 Å². The van der Waals surface area contributed by atoms with Crippen LogP contribution in [-0.4, -0.2) is 31.5 Å². The van der Waals surface area contributed by atoms with E-state index in [1.807, 2.05) is 0 Å². The van der Waals surface area contributed by atoms with Crippen LogP contribution in [0, 0.1) is 24.0 Å². The molecular formula is C21H17F3N6O5S. The summed E-state index contributed by atoms with van der Waals surface area (Å²) in [7, 11) is 0. The van der Waals surface area contributed by atoms with Crippen LogP contribution in [0.2, 0.25) is 0 Å². The Morgan fingerprint density at radius 2 is 2.03 bits per heavy atom. The van der Waals surface area contributed by atoms with Gasteiger partial charge in [0.2, 0.25) is 5.91 Å². The number of nitrogens with zero attached hydrogens (tertiary/aromatic N) is 4. The Hall–Kier alpha value is -4.27. The van der Waals surface area contributed by atoms with Crippen molar-refractivity contribution in [2.24, 2.45) is 5.73 Å². The fourth-order valence-electron chi connectivity index (χ4n) is 3.80. The minimum atomic E-state index is -4.80. The molecule has 4 rings (SSSR count). The quantitative estimate of drug-likeness (QED) is 0.277. The number of amides is 2. The van der Waals surface area contributed by atoms with Gasteiger partial charge in [0.15, 0.2) is 0 Å². The van der Waals surface area contributed by atoms with Gasteiger partial charge in [-0.1, -0.05) is 0 Å². The average molecular weight is 522 g/mol. The number of aryl methyl sites for hydroxylation is 1. The van der Waals surface area contributed by atoms with Crippen molar-refractivity contribution in [2.75, 3.05) is 5.32 Å². The summed E-state index contributed by atoms with van der Waals surface area (Å²) in [5.74, 6) is -1.70. The summed E-state index contributed by atoms with van der Waals surface area (Å²) < 4.78 is 47.0. The van der Waals surface area contributed by atoms with E-state index in [9.17, 15) is 32.9 Å². The first-order chi connectivity index (χ1) is 16.8. The average Bonchev–Trinajstić information content (AvgIpc) is 3.50. The number of carbonyl (C=O) groups excluding carboxylic acids is 2. The number of pyridine rings is 1. The second-order valence-electron chi connectivity index (χ2n) is 7.77. The van der Waals surface area contributed by atoms with Gasteiger partial charge in [0, 0.05) is 10.9 Å². The van der Waals surface area contributed by atoms with Gasteiger partial charge in [0.25, 0.3) is 5.91 Å². The number of primary amides is 1. The number of nitro groups is 1. The van der Waals surface area contributed by atoms with Gasteiger partial charge in [0.05, 0.1) is 16.9 Å². The molecular weight excluding hydrogens is 505 g/mol. The largest absolute Gasteiger partial charge is 0.464 e. The second kappa shape index (κ2) is 8.75. The first kappa shape index (κ1) is 24.8. The van der Waals surface area contributed by atoms with E-state index in [0.717, 1.165) is 10.7 Å². The molecule has 0 aliphatic carbocycles. The van der Waals surface area contributed by atoms with Crippen molar-refractivity contribution in [3.8, 4) is 11.3 Å². The molecule has 0 aliphatic heterocycles. The maximum absolute atomic E-state index is 13.5. The number of hydrogen-bond donors (Lipinski definition) is 2. The van der Waals surface area contributed by atoms with Gasteiger partial charge in [-0.25, -0.2) is 4.98 Å². The maximum atomic E-state index is 13.5. The Kier molecular flexibility index (Phi) is 6.03. The number of hydrogen-bond acceptors (Lipinski definition) is 8. The summed E-state index contributed by atoms with van der Waals surface area (Å²) in [6, 6.07) is 2.54. The Morgan fingerprint density at radius 1 is 1.33 bits per heavy atom. The lowest BCUT2D eigenvalue weighted by molar-refractivity contribution is -0.386. The summed E-state index contributed by atoms with van der Waals surface area (Å²) in [5.41, 5.74) is 4.00. The molecule has 4 aromatic rings. The van der Waals surface area contributed by atoms with Crippen LogP contribution >= 0.6 is 11.3 Å². The number of aromatic nitrogens is 3. The summed E-state index contributed by atoms with van der Waals surface area (Å²) in [5, 5.41) is 18.0. The summed E-state index contributed by atoms with van der Waals surface area (Å²) in [6.07, 6.45) is -3.54. The van der Waals surface area contributed by atoms with Gasteiger partial charge in [-0.15, -0.1) is 11.3 Å². The number of fused-ring (bicyclic) bond motifs is 1. The van der Waals surface area contributed by atoms with Crippen LogP contribution in [0.5, 0.6) is 0 Å². The number of anilines is 1. The SMILES string of the molecule is Cc1nn(C(C)C(=O)Nc2c(C(N)=O)sc3nc(C(F)(F)F)cc(-c4ccco4)c23)c(C)c1[N+](=O)[O-]. The predicted octanol–water partition coefficient (Wildman–Crippen LogP) is 4.60. The highest BCUT2D eigenvalue weighted by Crippen LogP contribution is 2.44. The van der Waals surface area contributed by atoms with Crippen molar-refractivity contribution >= 4 is 44.7 Å². The molecule has 0 bridgehead atoms. The van der Waals surface area contributed by atoms with Crippen LogP contribution in [0.15, 0.2) is 28.9 Å². The molecule has 15 heteroatoms. The van der Waals surface area contributed by atoms with E-state index in [1.165, 1.54) is 39.2 Å². The van der Waals surface area contributed by atoms with Crippen molar-refractivity contribution in [2.45, 2.75) is 33.0 Å². The minimum Gasteiger partial charge on any atom is -0.464 e. The number of rotatable bonds is 6. The Balaban J connectivity index is 1.87. The number of furan rings is 1. The van der Waals surface area contributed by atoms with Gasteiger partial charge in [0.1, 0.15) is 38.6 Å². The summed E-state index contributed by atoms with van der Waals surface area (Å²) in [4.78, 5) is 39.3. The molecule has 2 amide bonds. The molecule has 3 N–H and O–H groups in total. The molecule has 188 valence electrons. The Labute approximate surface area is 203 Å². The van der Waals surface area contributed by atoms with Crippen molar-refractivity contribution in [1.29, 1.82) is 0 Å². The standard InChI is InChI=1S/C21H17F3N6O5S/c1-8-16(30(33)34)9(2)29(28-8)10(3)19(32)27-15-14-11(12-5-4-6-35-12)7-13(21(22,23)24)26-20(14)36-17(15)18(25)31/h4-7,10H,1-3H3,(H2,25,31)(H,27,32). The van der Waals surface area contributed by atoms with Gasteiger partial charge >= 0.3 is 11.9 Å². The third kappa shape index (κ3) is 4.17. The van der Waals surface area contributed by atoms with Crippen LogP contribution in [-0.2, 0) is 11.0 Å². The molecule has 0 saturated heterocycles. The van der Waals surface area contributed by atoms with Gasteiger partial charge in [-0.2, -0.15) is 18.3 Å². The number of carbonyl (C=O) groups is 2. The normalized spacial score (nSPS) is 12.6. The van der Waals surface area contributed by atoms with E-state index >= 15 is 0 Å². The molecule has 0 aromatic carbocycles. The number of nitrogens with one attached hydrogen (secondary N) is 1. The zero-order valence-corrected chi connectivity index (χ0v) is 19.7. The number of halogens is 3. The first-order valence-corrected chi connectivity index (χ1v) is 11.0. The smallest absolute Gasteiger partial charge is 0.433 e. The molecule has 0 saturated carbocycles. The lowest BCUT2D eigenvalue weighted by Gasteiger charge is -2.15. The zero-order valence-electron chi connectivity index (χ0n) is 18.8. The molecule has 1 unspecified atom stereocenters. The monoisotopic (exact) mass is 522 g/mol. The molecule has 11 nitrogen and oxygen atoms in total. The highest BCUT2D eigenvalue weighted by Gasteiger charge is 2.36. The minimum absolute atomic E-state index is 0.0247. The summed E-state index contributed by atoms with van der Waals surface area (Å²) >= 11 is 0.583. The number of thiophene rings is 1. The molecule has 0 radical (unpaired) electrons. The Bertz CT molecular complexity index is 1520. The lowest BCUT2D eigenvalue weighted by atomic mass is 10.1. The van der Waals surface area contributed by atoms with Gasteiger partial charge in [-0.05, 0) is 39.0 Å². The lowest BCUT2D eigenvalue weighted by Crippen LogP contribution is -2.26. The fraction of sp³-hybridized carbons (Fsp3) is 0.238. The highest BCUT2D eigenvalue weighted by molar-refractivity contribution is 7.21. The van der Waals surface area contributed by atoms with Crippen LogP contribution in [0.25, 0.3) is 21.5 Å². The van der Waals surface area contributed by atoms with E-state index < -0.39 is 34.6 Å². The molecule has 0 aliphatic rings. The summed E-state index contributed by atoms with van der Waals surface area (Å²) in [6.45, 7) is 4.27. The third-order valence-corrected chi connectivity index (χ3v) is 6.52. The molecule has 0 fully saturated rings. The highest BCUT2D eigenvalue weighted by atomic mass is 32.1. The zero-order chi connectivity index (χ0) is 26.5. The van der Waals surface area contributed by atoms with E-state index in [-0.39, 0.29) is 49.2 Å². The van der Waals surface area contributed by atoms with Gasteiger partial charge in [-0.3, -0.25) is 24.4 Å². The third-order valence-electron chi connectivity index (χ3n) is 5.43. The molecule has 4 heterocycles. The van der Waals surface area contributed by atoms with Crippen molar-refractivity contribution in [3.05, 3.63) is 56.5 Å². The van der Waals surface area contributed by atoms with Crippen LogP contribution in [0.1, 0.15) is 39.7 Å². The first-order valence-electron chi connectivity index (χ1n) is 10.2. The topological polar surface area (TPSA) is 159 Å². The number of nitrogens with two attached hydrogens (primary N) is 1. The maximum Gasteiger partial charge on any atom is 0.433 e. The van der Waals surface area contributed by atoms with E-state index in [2.05, 4.69) is 15.4 Å². The molecule has 1 atom stereocenters. The predicted molar refractivity (Wildman–Crippen MR) is 123 cm³/mol. The molecule has 0 spiro atoms. The van der Waals surface area contributed by atoms with Crippen LogP contribution < -0.4 is 11.1 Å². The fourth-order valence-corrected chi connectivity index (χ4v) is 4.80. The van der Waals surface area contributed by atoms with E-state index in [1.54, 1.807) is 0 Å². The van der Waals surface area contributed by atoms with Crippen LogP contribution in [0.3, 0.4) is 0 Å².